The first kappa shape index (κ1) is 25.3. The molecule has 5 aromatic rings. The second-order valence-corrected chi connectivity index (χ2v) is 10.6. The molecule has 6 rings (SSSR count). The number of nitrogens with zero attached hydrogens (tertiary/aromatic N) is 5. The highest BCUT2D eigenvalue weighted by molar-refractivity contribution is 6.42. The summed E-state index contributed by atoms with van der Waals surface area (Å²) in [5.74, 6) is 2.34. The van der Waals surface area contributed by atoms with E-state index in [0.29, 0.717) is 45.8 Å². The molecule has 2 aromatic heterocycles. The molecule has 1 aliphatic rings. The number of imidazole rings is 1. The lowest BCUT2D eigenvalue weighted by Crippen LogP contribution is -2.40. The summed E-state index contributed by atoms with van der Waals surface area (Å²) < 4.78 is 10.5. The van der Waals surface area contributed by atoms with Crippen LogP contribution in [0, 0.1) is 5.92 Å². The van der Waals surface area contributed by atoms with Gasteiger partial charge >= 0.3 is 5.69 Å². The average Bonchev–Trinajstić information content (AvgIpc) is 3.32. The molecule has 3 aromatic carbocycles. The smallest absolute Gasteiger partial charge is 0.332 e. The molecule has 1 unspecified atom stereocenters. The molecule has 0 bridgehead atoms. The van der Waals surface area contributed by atoms with Crippen LogP contribution in [0.15, 0.2) is 82.4 Å². The van der Waals surface area contributed by atoms with Gasteiger partial charge in [0.25, 0.3) is 5.56 Å². The van der Waals surface area contributed by atoms with Crippen molar-refractivity contribution in [3.05, 3.63) is 109 Å². The van der Waals surface area contributed by atoms with Crippen LogP contribution in [0.2, 0.25) is 10.0 Å². The normalized spacial score (nSPS) is 15.0. The van der Waals surface area contributed by atoms with E-state index in [1.807, 2.05) is 59.2 Å². The van der Waals surface area contributed by atoms with E-state index in [0.717, 1.165) is 17.2 Å². The van der Waals surface area contributed by atoms with E-state index < -0.39 is 11.2 Å². The Balaban J connectivity index is 1.41. The highest BCUT2D eigenvalue weighted by Gasteiger charge is 2.30. The van der Waals surface area contributed by atoms with E-state index in [1.165, 1.54) is 9.13 Å². The lowest BCUT2D eigenvalue weighted by Gasteiger charge is -2.33. The summed E-state index contributed by atoms with van der Waals surface area (Å²) in [4.78, 5) is 33.9. The summed E-state index contributed by atoms with van der Waals surface area (Å²) >= 11 is 12.2. The summed E-state index contributed by atoms with van der Waals surface area (Å²) in [5.41, 5.74) is 1.53. The molecule has 1 aliphatic heterocycles. The van der Waals surface area contributed by atoms with Crippen molar-refractivity contribution in [1.82, 2.24) is 18.7 Å². The van der Waals surface area contributed by atoms with Crippen molar-refractivity contribution < 1.29 is 4.74 Å². The van der Waals surface area contributed by atoms with Gasteiger partial charge in [0.15, 0.2) is 11.2 Å². The number of benzene rings is 3. The van der Waals surface area contributed by atoms with Gasteiger partial charge in [0.1, 0.15) is 11.5 Å². The standard InChI is InChI=1S/C29H25Cl2N5O3/c1-18-15-34(20-9-11-22(12-10-20)39-21-6-4-3-5-7-21)28-32-26-25(35(28)16-18)27(37)36(29(38)33(26)2)17-19-8-13-23(30)24(31)14-19/h3-14,18H,15-17H2,1-2H3. The number of ether oxygens (including phenoxy) is 1. The molecule has 3 heterocycles. The fraction of sp³-hybridized carbons (Fsp3) is 0.207. The Bertz CT molecular complexity index is 1810. The van der Waals surface area contributed by atoms with Crippen molar-refractivity contribution in [3.8, 4) is 11.5 Å². The Morgan fingerprint density at radius 3 is 2.36 bits per heavy atom. The van der Waals surface area contributed by atoms with Gasteiger partial charge in [-0.25, -0.2) is 4.79 Å². The largest absolute Gasteiger partial charge is 0.457 e. The molecule has 0 spiro atoms. The third-order valence-electron chi connectivity index (χ3n) is 6.89. The summed E-state index contributed by atoms with van der Waals surface area (Å²) in [6, 6.07) is 22.5. The molecule has 8 nitrogen and oxygen atoms in total. The number of rotatable bonds is 5. The van der Waals surface area contributed by atoms with Gasteiger partial charge < -0.3 is 14.2 Å². The predicted octanol–water partition coefficient (Wildman–Crippen LogP) is 5.83. The molecule has 0 fully saturated rings. The summed E-state index contributed by atoms with van der Waals surface area (Å²) in [7, 11) is 1.64. The second-order valence-electron chi connectivity index (χ2n) is 9.80. The Labute approximate surface area is 234 Å². The number of hydrogen-bond donors (Lipinski definition) is 0. The molecule has 198 valence electrons. The number of para-hydroxylation sites is 1. The van der Waals surface area contributed by atoms with Gasteiger partial charge in [-0.2, -0.15) is 4.98 Å². The quantitative estimate of drug-likeness (QED) is 0.270. The second kappa shape index (κ2) is 9.94. The Morgan fingerprint density at radius 1 is 0.923 bits per heavy atom. The minimum absolute atomic E-state index is 0.0704. The highest BCUT2D eigenvalue weighted by atomic mass is 35.5. The van der Waals surface area contributed by atoms with Gasteiger partial charge in [-0.3, -0.25) is 13.9 Å². The van der Waals surface area contributed by atoms with E-state index in [4.69, 9.17) is 32.9 Å². The minimum atomic E-state index is -0.448. The summed E-state index contributed by atoms with van der Waals surface area (Å²) in [5, 5.41) is 0.779. The number of aromatic nitrogens is 4. The Kier molecular flexibility index (Phi) is 6.45. The SMILES string of the molecule is CC1CN(c2ccc(Oc3ccccc3)cc2)c2nc3c(c(=O)n(Cc4ccc(Cl)c(Cl)c4)c(=O)n3C)n2C1. The van der Waals surface area contributed by atoms with Gasteiger partial charge in [0.2, 0.25) is 5.95 Å². The van der Waals surface area contributed by atoms with Crippen LogP contribution in [-0.4, -0.2) is 25.2 Å². The Hall–Kier alpha value is -4.01. The zero-order valence-corrected chi connectivity index (χ0v) is 22.9. The molecule has 10 heteroatoms. The lowest BCUT2D eigenvalue weighted by molar-refractivity contribution is 0.457. The van der Waals surface area contributed by atoms with Crippen LogP contribution in [0.5, 0.6) is 11.5 Å². The van der Waals surface area contributed by atoms with Gasteiger partial charge in [-0.05, 0) is 60.0 Å². The zero-order valence-electron chi connectivity index (χ0n) is 21.3. The first-order valence-corrected chi connectivity index (χ1v) is 13.3. The van der Waals surface area contributed by atoms with Gasteiger partial charge in [0, 0.05) is 25.8 Å². The predicted molar refractivity (Wildman–Crippen MR) is 154 cm³/mol. The molecule has 1 atom stereocenters. The molecular formula is C29H25Cl2N5O3. The van der Waals surface area contributed by atoms with E-state index in [1.54, 1.807) is 25.2 Å². The number of anilines is 2. The van der Waals surface area contributed by atoms with Crippen molar-refractivity contribution in [3.63, 3.8) is 0 Å². The third kappa shape index (κ3) is 4.60. The van der Waals surface area contributed by atoms with Crippen molar-refractivity contribution in [2.45, 2.75) is 20.0 Å². The van der Waals surface area contributed by atoms with Crippen molar-refractivity contribution in [1.29, 1.82) is 0 Å². The van der Waals surface area contributed by atoms with Gasteiger partial charge in [-0.1, -0.05) is 54.4 Å². The number of hydrogen-bond acceptors (Lipinski definition) is 5. The van der Waals surface area contributed by atoms with Crippen LogP contribution in [0.3, 0.4) is 0 Å². The van der Waals surface area contributed by atoms with Crippen molar-refractivity contribution in [2.75, 3.05) is 11.4 Å². The first-order chi connectivity index (χ1) is 18.8. The van der Waals surface area contributed by atoms with Crippen LogP contribution in [0.1, 0.15) is 12.5 Å². The van der Waals surface area contributed by atoms with E-state index in [9.17, 15) is 9.59 Å². The third-order valence-corrected chi connectivity index (χ3v) is 7.63. The van der Waals surface area contributed by atoms with Crippen LogP contribution in [-0.2, 0) is 20.1 Å². The molecular weight excluding hydrogens is 537 g/mol. The van der Waals surface area contributed by atoms with Gasteiger partial charge in [-0.15, -0.1) is 0 Å². The van der Waals surface area contributed by atoms with Crippen molar-refractivity contribution in [2.24, 2.45) is 13.0 Å². The lowest BCUT2D eigenvalue weighted by atomic mass is 10.1. The average molecular weight is 562 g/mol. The van der Waals surface area contributed by atoms with Gasteiger partial charge in [0.05, 0.1) is 16.6 Å². The van der Waals surface area contributed by atoms with E-state index in [-0.39, 0.29) is 12.5 Å². The van der Waals surface area contributed by atoms with Crippen molar-refractivity contribution >= 4 is 46.0 Å². The van der Waals surface area contributed by atoms with E-state index in [2.05, 4.69) is 11.8 Å². The van der Waals surface area contributed by atoms with Crippen LogP contribution in [0.25, 0.3) is 11.2 Å². The topological polar surface area (TPSA) is 74.3 Å². The number of aryl methyl sites for hydroxylation is 1. The molecule has 0 radical (unpaired) electrons. The Morgan fingerprint density at radius 2 is 1.64 bits per heavy atom. The molecule has 0 saturated heterocycles. The van der Waals surface area contributed by atoms with E-state index >= 15 is 0 Å². The molecule has 0 saturated carbocycles. The summed E-state index contributed by atoms with van der Waals surface area (Å²) in [6.07, 6.45) is 0. The number of halogens is 2. The van der Waals surface area contributed by atoms with Crippen LogP contribution < -0.4 is 20.9 Å². The van der Waals surface area contributed by atoms with Crippen LogP contribution >= 0.6 is 23.2 Å². The van der Waals surface area contributed by atoms with Crippen LogP contribution in [0.4, 0.5) is 11.6 Å². The fourth-order valence-electron chi connectivity index (χ4n) is 5.00. The fourth-order valence-corrected chi connectivity index (χ4v) is 5.32. The number of fused-ring (bicyclic) bond motifs is 3. The minimum Gasteiger partial charge on any atom is -0.457 e. The first-order valence-electron chi connectivity index (χ1n) is 12.5. The molecule has 0 amide bonds. The highest BCUT2D eigenvalue weighted by Crippen LogP contribution is 2.34. The maximum absolute atomic E-state index is 13.8. The molecule has 39 heavy (non-hydrogen) atoms. The molecule has 0 N–H and O–H groups in total. The maximum Gasteiger partial charge on any atom is 0.332 e. The zero-order chi connectivity index (χ0) is 27.3. The summed E-state index contributed by atoms with van der Waals surface area (Å²) in [6.45, 7) is 3.53. The molecule has 0 aliphatic carbocycles. The monoisotopic (exact) mass is 561 g/mol. The maximum atomic E-state index is 13.8.